The van der Waals surface area contributed by atoms with Crippen LogP contribution < -0.4 is 16.4 Å². The molecule has 0 saturated heterocycles. The highest BCUT2D eigenvalue weighted by molar-refractivity contribution is 7.91. The third-order valence-electron chi connectivity index (χ3n) is 4.08. The molecular weight excluding hydrogens is 376 g/mol. The van der Waals surface area contributed by atoms with Crippen molar-refractivity contribution < 1.29 is 13.2 Å². The van der Waals surface area contributed by atoms with E-state index in [1.54, 1.807) is 48.8 Å². The van der Waals surface area contributed by atoms with Crippen molar-refractivity contribution >= 4 is 21.6 Å². The molecule has 144 valence electrons. The fourth-order valence-corrected chi connectivity index (χ4v) is 4.14. The minimum absolute atomic E-state index is 0.131. The zero-order chi connectivity index (χ0) is 20.0. The van der Waals surface area contributed by atoms with Gasteiger partial charge in [-0.25, -0.2) is 13.2 Å². The Balaban J connectivity index is 1.68. The lowest BCUT2D eigenvalue weighted by molar-refractivity contribution is 0.251. The van der Waals surface area contributed by atoms with Crippen LogP contribution in [-0.4, -0.2) is 19.4 Å². The molecule has 3 rings (SSSR count). The average molecular weight is 396 g/mol. The highest BCUT2D eigenvalue weighted by atomic mass is 32.2. The standard InChI is InChI=1S/C20H20N4O3S/c21-12-16-5-1-2-6-19(16)28(26,27)18-9-7-17(8-10-18)24-20(25)23-14-15-4-3-11-22-13-15/h1-11,13H,12,14,21H2,(H2,23,24,25). The Morgan fingerprint density at radius 3 is 2.43 bits per heavy atom. The predicted molar refractivity (Wildman–Crippen MR) is 106 cm³/mol. The summed E-state index contributed by atoms with van der Waals surface area (Å²) in [6, 6.07) is 15.9. The number of carbonyl (C=O) groups is 1. The number of benzene rings is 2. The van der Waals surface area contributed by atoms with Crippen LogP contribution in [0.2, 0.25) is 0 Å². The van der Waals surface area contributed by atoms with Gasteiger partial charge in [0, 0.05) is 31.2 Å². The Hall–Kier alpha value is -3.23. The van der Waals surface area contributed by atoms with Gasteiger partial charge in [0.05, 0.1) is 9.79 Å². The maximum atomic E-state index is 12.8. The average Bonchev–Trinajstić information content (AvgIpc) is 2.73. The number of sulfone groups is 1. The second-order valence-electron chi connectivity index (χ2n) is 6.01. The van der Waals surface area contributed by atoms with Crippen LogP contribution in [0.1, 0.15) is 11.1 Å². The van der Waals surface area contributed by atoms with Crippen molar-refractivity contribution in [2.24, 2.45) is 5.73 Å². The Kier molecular flexibility index (Phi) is 6.03. The lowest BCUT2D eigenvalue weighted by Gasteiger charge is -2.11. The first-order valence-corrected chi connectivity index (χ1v) is 10.1. The van der Waals surface area contributed by atoms with Crippen molar-refractivity contribution in [2.75, 3.05) is 5.32 Å². The number of anilines is 1. The van der Waals surface area contributed by atoms with Gasteiger partial charge in [-0.15, -0.1) is 0 Å². The van der Waals surface area contributed by atoms with Gasteiger partial charge in [0.25, 0.3) is 0 Å². The first kappa shape index (κ1) is 19.5. The zero-order valence-corrected chi connectivity index (χ0v) is 15.8. The van der Waals surface area contributed by atoms with Crippen LogP contribution in [0.4, 0.5) is 10.5 Å². The lowest BCUT2D eigenvalue weighted by Crippen LogP contribution is -2.28. The van der Waals surface area contributed by atoms with Gasteiger partial charge in [0.1, 0.15) is 0 Å². The van der Waals surface area contributed by atoms with Gasteiger partial charge in [0.15, 0.2) is 0 Å². The van der Waals surface area contributed by atoms with Crippen LogP contribution in [-0.2, 0) is 22.9 Å². The molecule has 0 aliphatic carbocycles. The number of nitrogens with two attached hydrogens (primary N) is 1. The first-order chi connectivity index (χ1) is 13.5. The van der Waals surface area contributed by atoms with Gasteiger partial charge in [0.2, 0.25) is 9.84 Å². The van der Waals surface area contributed by atoms with E-state index in [9.17, 15) is 13.2 Å². The highest BCUT2D eigenvalue weighted by Gasteiger charge is 2.20. The second kappa shape index (κ2) is 8.64. The predicted octanol–water partition coefficient (Wildman–Crippen LogP) is 2.69. The van der Waals surface area contributed by atoms with E-state index in [1.165, 1.54) is 18.2 Å². The summed E-state index contributed by atoms with van der Waals surface area (Å²) in [5.74, 6) is 0. The molecule has 0 aliphatic heterocycles. The number of hydrogen-bond acceptors (Lipinski definition) is 5. The number of hydrogen-bond donors (Lipinski definition) is 3. The van der Waals surface area contributed by atoms with Crippen LogP contribution in [0.3, 0.4) is 0 Å². The number of nitrogens with one attached hydrogen (secondary N) is 2. The molecule has 3 aromatic rings. The molecule has 28 heavy (non-hydrogen) atoms. The van der Waals surface area contributed by atoms with E-state index in [-0.39, 0.29) is 16.3 Å². The summed E-state index contributed by atoms with van der Waals surface area (Å²) in [6.07, 6.45) is 3.32. The summed E-state index contributed by atoms with van der Waals surface area (Å²) >= 11 is 0. The smallest absolute Gasteiger partial charge is 0.319 e. The van der Waals surface area contributed by atoms with Crippen molar-refractivity contribution in [1.82, 2.24) is 10.3 Å². The first-order valence-electron chi connectivity index (χ1n) is 8.57. The van der Waals surface area contributed by atoms with E-state index in [0.29, 0.717) is 17.8 Å². The molecule has 0 unspecified atom stereocenters. The molecule has 4 N–H and O–H groups in total. The van der Waals surface area contributed by atoms with Crippen LogP contribution >= 0.6 is 0 Å². The van der Waals surface area contributed by atoms with Gasteiger partial charge >= 0.3 is 6.03 Å². The van der Waals surface area contributed by atoms with E-state index in [2.05, 4.69) is 15.6 Å². The molecule has 2 aromatic carbocycles. The molecule has 0 bridgehead atoms. The zero-order valence-electron chi connectivity index (χ0n) is 15.0. The largest absolute Gasteiger partial charge is 0.334 e. The van der Waals surface area contributed by atoms with Crippen molar-refractivity contribution in [3.8, 4) is 0 Å². The minimum atomic E-state index is -3.69. The van der Waals surface area contributed by atoms with Crippen molar-refractivity contribution in [3.63, 3.8) is 0 Å². The summed E-state index contributed by atoms with van der Waals surface area (Å²) < 4.78 is 25.7. The normalized spacial score (nSPS) is 11.0. The Bertz CT molecular complexity index is 1050. The number of urea groups is 1. The molecular formula is C20H20N4O3S. The molecule has 8 heteroatoms. The van der Waals surface area contributed by atoms with Crippen molar-refractivity contribution in [3.05, 3.63) is 84.2 Å². The van der Waals surface area contributed by atoms with Crippen LogP contribution in [0.25, 0.3) is 0 Å². The number of rotatable bonds is 6. The summed E-state index contributed by atoms with van der Waals surface area (Å²) in [4.78, 5) is 16.3. The molecule has 1 aromatic heterocycles. The summed E-state index contributed by atoms with van der Waals surface area (Å²) in [7, 11) is -3.69. The SMILES string of the molecule is NCc1ccccc1S(=O)(=O)c1ccc(NC(=O)NCc2cccnc2)cc1. The molecule has 0 radical (unpaired) electrons. The molecule has 0 aliphatic rings. The van der Waals surface area contributed by atoms with Crippen LogP contribution in [0, 0.1) is 0 Å². The monoisotopic (exact) mass is 396 g/mol. The summed E-state index contributed by atoms with van der Waals surface area (Å²) in [5.41, 5.74) is 7.56. The van der Waals surface area contributed by atoms with E-state index in [1.807, 2.05) is 6.07 Å². The number of carbonyl (C=O) groups excluding carboxylic acids is 1. The van der Waals surface area contributed by atoms with Crippen molar-refractivity contribution in [1.29, 1.82) is 0 Å². The highest BCUT2D eigenvalue weighted by Crippen LogP contribution is 2.25. The van der Waals surface area contributed by atoms with Gasteiger partial charge in [-0.1, -0.05) is 24.3 Å². The third kappa shape index (κ3) is 4.54. The fourth-order valence-electron chi connectivity index (χ4n) is 2.64. The Morgan fingerprint density at radius 1 is 1.00 bits per heavy atom. The number of aromatic nitrogens is 1. The third-order valence-corrected chi connectivity index (χ3v) is 5.95. The van der Waals surface area contributed by atoms with E-state index < -0.39 is 15.9 Å². The molecule has 0 fully saturated rings. The summed E-state index contributed by atoms with van der Waals surface area (Å²) in [5, 5.41) is 5.38. The minimum Gasteiger partial charge on any atom is -0.334 e. The van der Waals surface area contributed by atoms with Gasteiger partial charge < -0.3 is 16.4 Å². The number of pyridine rings is 1. The molecule has 7 nitrogen and oxygen atoms in total. The van der Waals surface area contributed by atoms with Crippen molar-refractivity contribution in [2.45, 2.75) is 22.9 Å². The lowest BCUT2D eigenvalue weighted by atomic mass is 10.2. The van der Waals surface area contributed by atoms with Gasteiger partial charge in [-0.05, 0) is 47.5 Å². The second-order valence-corrected chi connectivity index (χ2v) is 7.93. The Morgan fingerprint density at radius 2 is 1.75 bits per heavy atom. The Labute approximate surface area is 163 Å². The summed E-state index contributed by atoms with van der Waals surface area (Å²) in [6.45, 7) is 0.466. The van der Waals surface area contributed by atoms with E-state index in [4.69, 9.17) is 5.73 Å². The van der Waals surface area contributed by atoms with Gasteiger partial charge in [-0.3, -0.25) is 4.98 Å². The molecule has 1 heterocycles. The topological polar surface area (TPSA) is 114 Å². The molecule has 0 atom stereocenters. The molecule has 0 spiro atoms. The maximum Gasteiger partial charge on any atom is 0.319 e. The number of nitrogens with zero attached hydrogens (tertiary/aromatic N) is 1. The molecule has 0 saturated carbocycles. The van der Waals surface area contributed by atoms with Gasteiger partial charge in [-0.2, -0.15) is 0 Å². The van der Waals surface area contributed by atoms with E-state index >= 15 is 0 Å². The number of amides is 2. The fraction of sp³-hybridized carbons (Fsp3) is 0.100. The van der Waals surface area contributed by atoms with Crippen LogP contribution in [0.15, 0.2) is 82.8 Å². The quantitative estimate of drug-likeness (QED) is 0.593. The van der Waals surface area contributed by atoms with Crippen LogP contribution in [0.5, 0.6) is 0 Å². The maximum absolute atomic E-state index is 12.8. The molecule has 2 amide bonds. The van der Waals surface area contributed by atoms with E-state index in [0.717, 1.165) is 5.56 Å².